The van der Waals surface area contributed by atoms with Gasteiger partial charge in [0.25, 0.3) is 0 Å². The molecule has 0 unspecified atom stereocenters. The average molecular weight is 320 g/mol. The lowest BCUT2D eigenvalue weighted by Gasteiger charge is -2.15. The fourth-order valence-corrected chi connectivity index (χ4v) is 2.02. The summed E-state index contributed by atoms with van der Waals surface area (Å²) in [6, 6.07) is 2.23. The molecule has 0 aromatic carbocycles. The van der Waals surface area contributed by atoms with Crippen molar-refractivity contribution in [2.75, 3.05) is 17.7 Å². The monoisotopic (exact) mass is 319 g/mol. The molecule has 0 aliphatic rings. The van der Waals surface area contributed by atoms with Crippen molar-refractivity contribution in [1.29, 1.82) is 5.26 Å². The predicted octanol–water partition coefficient (Wildman–Crippen LogP) is 2.93. The number of rotatable bonds is 5. The molecular weight excluding hydrogens is 302 g/mol. The second-order valence-corrected chi connectivity index (χ2v) is 5.63. The number of hydrogen-bond donors (Lipinski definition) is 2. The lowest BCUT2D eigenvalue weighted by atomic mass is 10.1. The summed E-state index contributed by atoms with van der Waals surface area (Å²) < 4.78 is 1.64. The van der Waals surface area contributed by atoms with Gasteiger partial charge in [-0.2, -0.15) is 15.3 Å². The first-order valence-electron chi connectivity index (χ1n) is 6.89. The van der Waals surface area contributed by atoms with E-state index in [1.54, 1.807) is 31.8 Å². The number of nitrogens with one attached hydrogen (secondary N) is 2. The van der Waals surface area contributed by atoms with Crippen molar-refractivity contribution < 1.29 is 0 Å². The third-order valence-corrected chi connectivity index (χ3v) is 3.48. The molecule has 2 aromatic rings. The number of halogens is 1. The van der Waals surface area contributed by atoms with Crippen LogP contribution in [0.1, 0.15) is 26.5 Å². The second-order valence-electron chi connectivity index (χ2n) is 5.22. The molecule has 2 aromatic heterocycles. The van der Waals surface area contributed by atoms with Gasteiger partial charge in [0.15, 0.2) is 0 Å². The van der Waals surface area contributed by atoms with E-state index in [4.69, 9.17) is 11.6 Å². The fraction of sp³-hybridized carbons (Fsp3) is 0.429. The molecule has 7 nitrogen and oxygen atoms in total. The molecule has 0 amide bonds. The van der Waals surface area contributed by atoms with Crippen LogP contribution in [0.3, 0.4) is 0 Å². The Labute approximate surface area is 134 Å². The van der Waals surface area contributed by atoms with Crippen molar-refractivity contribution in [3.8, 4) is 6.07 Å². The van der Waals surface area contributed by atoms with E-state index < -0.39 is 5.54 Å². The normalized spacial score (nSPS) is 11.1. The molecule has 0 atom stereocenters. The minimum atomic E-state index is -0.721. The Morgan fingerprint density at radius 3 is 2.77 bits per heavy atom. The van der Waals surface area contributed by atoms with E-state index in [0.29, 0.717) is 16.8 Å². The topological polar surface area (TPSA) is 91.5 Å². The Morgan fingerprint density at radius 2 is 2.18 bits per heavy atom. The number of aryl methyl sites for hydroxylation is 1. The quantitative estimate of drug-likeness (QED) is 0.880. The fourth-order valence-electron chi connectivity index (χ4n) is 1.84. The maximum absolute atomic E-state index is 9.23. The highest BCUT2D eigenvalue weighted by molar-refractivity contribution is 6.32. The highest BCUT2D eigenvalue weighted by Gasteiger charge is 2.22. The van der Waals surface area contributed by atoms with Gasteiger partial charge in [-0.25, -0.2) is 4.98 Å². The summed E-state index contributed by atoms with van der Waals surface area (Å²) in [7, 11) is 1.74. The third-order valence-electron chi connectivity index (χ3n) is 3.20. The van der Waals surface area contributed by atoms with Crippen LogP contribution in [0.2, 0.25) is 5.02 Å². The van der Waals surface area contributed by atoms with Gasteiger partial charge in [-0.1, -0.05) is 18.5 Å². The van der Waals surface area contributed by atoms with Crippen LogP contribution in [0.15, 0.2) is 12.4 Å². The molecule has 0 fully saturated rings. The highest BCUT2D eigenvalue weighted by Crippen LogP contribution is 2.25. The summed E-state index contributed by atoms with van der Waals surface area (Å²) in [5.41, 5.74) is 0.893. The molecule has 2 heterocycles. The maximum atomic E-state index is 9.23. The van der Waals surface area contributed by atoms with Gasteiger partial charge >= 0.3 is 0 Å². The van der Waals surface area contributed by atoms with Crippen LogP contribution in [0.4, 0.5) is 17.5 Å². The molecular formula is C14H18ClN7. The largest absolute Gasteiger partial charge is 0.372 e. The highest BCUT2D eigenvalue weighted by atomic mass is 35.5. The Hall–Kier alpha value is -2.33. The number of anilines is 3. The van der Waals surface area contributed by atoms with E-state index in [0.717, 1.165) is 17.8 Å². The summed E-state index contributed by atoms with van der Waals surface area (Å²) in [6.07, 6.45) is 4.04. The molecule has 116 valence electrons. The van der Waals surface area contributed by atoms with Gasteiger partial charge in [-0.3, -0.25) is 4.68 Å². The zero-order chi connectivity index (χ0) is 16.3. The van der Waals surface area contributed by atoms with E-state index >= 15 is 0 Å². The van der Waals surface area contributed by atoms with Crippen LogP contribution < -0.4 is 10.6 Å². The first kappa shape index (κ1) is 16.0. The summed E-state index contributed by atoms with van der Waals surface area (Å²) >= 11 is 5.97. The molecule has 22 heavy (non-hydrogen) atoms. The minimum absolute atomic E-state index is 0.415. The van der Waals surface area contributed by atoms with Gasteiger partial charge in [0, 0.05) is 7.05 Å². The number of nitrogens with zero attached hydrogens (tertiary/aromatic N) is 5. The van der Waals surface area contributed by atoms with Crippen LogP contribution in [-0.2, 0) is 12.0 Å². The van der Waals surface area contributed by atoms with Crippen molar-refractivity contribution in [2.45, 2.75) is 32.7 Å². The lowest BCUT2D eigenvalue weighted by Crippen LogP contribution is -2.24. The second kappa shape index (κ2) is 6.20. The average Bonchev–Trinajstić information content (AvgIpc) is 2.93. The van der Waals surface area contributed by atoms with Crippen LogP contribution >= 0.6 is 11.6 Å². The smallest absolute Gasteiger partial charge is 0.229 e. The van der Waals surface area contributed by atoms with Gasteiger partial charge in [0.2, 0.25) is 5.95 Å². The first-order valence-corrected chi connectivity index (χ1v) is 7.26. The molecule has 0 aliphatic heterocycles. The van der Waals surface area contributed by atoms with Crippen molar-refractivity contribution >= 4 is 29.1 Å². The lowest BCUT2D eigenvalue weighted by molar-refractivity contribution is 0.415. The summed E-state index contributed by atoms with van der Waals surface area (Å²) in [5.74, 6) is 0.958. The van der Waals surface area contributed by atoms with Gasteiger partial charge < -0.3 is 10.6 Å². The summed E-state index contributed by atoms with van der Waals surface area (Å²) in [6.45, 7) is 5.61. The molecule has 0 radical (unpaired) electrons. The zero-order valence-electron chi connectivity index (χ0n) is 13.0. The van der Waals surface area contributed by atoms with E-state index in [-0.39, 0.29) is 0 Å². The van der Waals surface area contributed by atoms with Crippen molar-refractivity contribution in [2.24, 2.45) is 0 Å². The van der Waals surface area contributed by atoms with Crippen LogP contribution in [-0.4, -0.2) is 26.8 Å². The van der Waals surface area contributed by atoms with Crippen molar-refractivity contribution in [3.05, 3.63) is 23.1 Å². The first-order chi connectivity index (χ1) is 10.4. The van der Waals surface area contributed by atoms with Gasteiger partial charge in [0.05, 0.1) is 29.8 Å². The molecule has 8 heteroatoms. The zero-order valence-corrected chi connectivity index (χ0v) is 13.7. The molecule has 0 saturated carbocycles. The molecule has 0 saturated heterocycles. The standard InChI is InChI=1S/C14H18ClN7/c1-5-10-11(7-22(21-10)14(2,3)8-16)19-13-18-6-9(15)12(17-4)20-13/h6-7H,5H2,1-4H3,(H2,17,18,19,20). The van der Waals surface area contributed by atoms with E-state index in [9.17, 15) is 5.26 Å². The predicted molar refractivity (Wildman–Crippen MR) is 86.4 cm³/mol. The SMILES string of the molecule is CCc1nn(C(C)(C)C#N)cc1Nc1ncc(Cl)c(NC)n1. The molecule has 2 N–H and O–H groups in total. The Balaban J connectivity index is 2.35. The van der Waals surface area contributed by atoms with Crippen LogP contribution in [0.25, 0.3) is 0 Å². The number of nitriles is 1. The van der Waals surface area contributed by atoms with Crippen LogP contribution in [0, 0.1) is 11.3 Å². The Morgan fingerprint density at radius 1 is 1.45 bits per heavy atom. The van der Waals surface area contributed by atoms with Gasteiger partial charge in [-0.05, 0) is 20.3 Å². The van der Waals surface area contributed by atoms with E-state index in [2.05, 4.69) is 31.8 Å². The molecule has 0 aliphatic carbocycles. The number of hydrogen-bond acceptors (Lipinski definition) is 6. The molecule has 0 bridgehead atoms. The Bertz CT molecular complexity index is 714. The van der Waals surface area contributed by atoms with Crippen molar-refractivity contribution in [1.82, 2.24) is 19.7 Å². The summed E-state index contributed by atoms with van der Waals surface area (Å²) in [4.78, 5) is 8.44. The van der Waals surface area contributed by atoms with Crippen molar-refractivity contribution in [3.63, 3.8) is 0 Å². The summed E-state index contributed by atoms with van der Waals surface area (Å²) in [5, 5.41) is 20.2. The molecule has 2 rings (SSSR count). The maximum Gasteiger partial charge on any atom is 0.229 e. The van der Waals surface area contributed by atoms with Gasteiger partial charge in [0.1, 0.15) is 16.4 Å². The van der Waals surface area contributed by atoms with Crippen LogP contribution in [0.5, 0.6) is 0 Å². The minimum Gasteiger partial charge on any atom is -0.372 e. The number of aromatic nitrogens is 4. The Kier molecular flexibility index (Phi) is 4.52. The third kappa shape index (κ3) is 3.12. The molecule has 0 spiro atoms. The van der Waals surface area contributed by atoms with E-state index in [1.807, 2.05) is 6.92 Å². The van der Waals surface area contributed by atoms with Gasteiger partial charge in [-0.15, -0.1) is 0 Å². The van der Waals surface area contributed by atoms with E-state index in [1.165, 1.54) is 6.20 Å².